The second-order valence-electron chi connectivity index (χ2n) is 5.41. The summed E-state index contributed by atoms with van der Waals surface area (Å²) in [5, 5.41) is 0. The largest absolute Gasteiger partial charge is 0.326 e. The predicted molar refractivity (Wildman–Crippen MR) is 83.0 cm³/mol. The van der Waals surface area contributed by atoms with Crippen LogP contribution in [-0.4, -0.2) is 34.8 Å². The van der Waals surface area contributed by atoms with E-state index in [1.165, 1.54) is 6.20 Å². The molecule has 1 amide bonds. The Morgan fingerprint density at radius 1 is 1.27 bits per heavy atom. The SMILES string of the molecule is Cc1cc(-c2ccc(C(=O)N3CC(F)(F)C3)cn2)ccc1Br. The summed E-state index contributed by atoms with van der Waals surface area (Å²) in [4.78, 5) is 17.4. The third-order valence-corrected chi connectivity index (χ3v) is 4.49. The van der Waals surface area contributed by atoms with Crippen LogP contribution in [-0.2, 0) is 0 Å². The molecule has 2 heterocycles. The average molecular weight is 367 g/mol. The highest BCUT2D eigenvalue weighted by Gasteiger charge is 2.46. The summed E-state index contributed by atoms with van der Waals surface area (Å²) in [6.45, 7) is 0.953. The summed E-state index contributed by atoms with van der Waals surface area (Å²) in [5.74, 6) is -3.16. The number of nitrogens with zero attached hydrogens (tertiary/aromatic N) is 2. The van der Waals surface area contributed by atoms with Gasteiger partial charge in [-0.3, -0.25) is 9.78 Å². The molecule has 22 heavy (non-hydrogen) atoms. The highest BCUT2D eigenvalue weighted by atomic mass is 79.9. The fraction of sp³-hybridized carbons (Fsp3) is 0.250. The van der Waals surface area contributed by atoms with E-state index in [4.69, 9.17) is 0 Å². The van der Waals surface area contributed by atoms with E-state index < -0.39 is 24.9 Å². The fourth-order valence-electron chi connectivity index (χ4n) is 2.33. The quantitative estimate of drug-likeness (QED) is 0.807. The first-order chi connectivity index (χ1) is 10.4. The highest BCUT2D eigenvalue weighted by molar-refractivity contribution is 9.10. The highest BCUT2D eigenvalue weighted by Crippen LogP contribution is 2.28. The van der Waals surface area contributed by atoms with Crippen molar-refractivity contribution in [1.82, 2.24) is 9.88 Å². The van der Waals surface area contributed by atoms with Crippen molar-refractivity contribution in [1.29, 1.82) is 0 Å². The third-order valence-electron chi connectivity index (χ3n) is 3.60. The van der Waals surface area contributed by atoms with Crippen LogP contribution in [0.2, 0.25) is 0 Å². The molecule has 6 heteroatoms. The van der Waals surface area contributed by atoms with Crippen molar-refractivity contribution in [2.24, 2.45) is 0 Å². The number of aromatic nitrogens is 1. The first-order valence-corrected chi connectivity index (χ1v) is 7.55. The molecule has 0 atom stereocenters. The van der Waals surface area contributed by atoms with Crippen LogP contribution in [0.25, 0.3) is 11.3 Å². The van der Waals surface area contributed by atoms with Crippen LogP contribution in [0, 0.1) is 6.92 Å². The van der Waals surface area contributed by atoms with Crippen molar-refractivity contribution in [3.63, 3.8) is 0 Å². The zero-order valence-electron chi connectivity index (χ0n) is 11.8. The van der Waals surface area contributed by atoms with Crippen molar-refractivity contribution in [3.05, 3.63) is 52.1 Å². The zero-order chi connectivity index (χ0) is 15.9. The van der Waals surface area contributed by atoms with Crippen LogP contribution in [0.4, 0.5) is 8.78 Å². The Bertz CT molecular complexity index is 723. The Hall–Kier alpha value is -1.82. The van der Waals surface area contributed by atoms with Crippen LogP contribution in [0.1, 0.15) is 15.9 Å². The van der Waals surface area contributed by atoms with E-state index in [-0.39, 0.29) is 0 Å². The minimum Gasteiger partial charge on any atom is -0.326 e. The summed E-state index contributed by atoms with van der Waals surface area (Å²) in [7, 11) is 0. The first-order valence-electron chi connectivity index (χ1n) is 6.75. The van der Waals surface area contributed by atoms with Crippen molar-refractivity contribution in [2.45, 2.75) is 12.8 Å². The van der Waals surface area contributed by atoms with Gasteiger partial charge in [0.05, 0.1) is 24.3 Å². The van der Waals surface area contributed by atoms with Gasteiger partial charge in [0.1, 0.15) is 0 Å². The van der Waals surface area contributed by atoms with Gasteiger partial charge in [0, 0.05) is 16.2 Å². The average Bonchev–Trinajstić information content (AvgIpc) is 2.47. The summed E-state index contributed by atoms with van der Waals surface area (Å²) in [6, 6.07) is 9.21. The molecule has 1 aliphatic rings. The molecule has 114 valence electrons. The lowest BCUT2D eigenvalue weighted by Crippen LogP contribution is -2.58. The van der Waals surface area contributed by atoms with Gasteiger partial charge in [-0.25, -0.2) is 8.78 Å². The number of rotatable bonds is 2. The molecule has 1 aliphatic heterocycles. The van der Waals surface area contributed by atoms with Gasteiger partial charge in [0.15, 0.2) is 0 Å². The molecule has 0 unspecified atom stereocenters. The van der Waals surface area contributed by atoms with Crippen molar-refractivity contribution in [3.8, 4) is 11.3 Å². The number of aryl methyl sites for hydroxylation is 1. The smallest absolute Gasteiger partial charge is 0.282 e. The van der Waals surface area contributed by atoms with Gasteiger partial charge >= 0.3 is 0 Å². The van der Waals surface area contributed by atoms with Crippen molar-refractivity contribution < 1.29 is 13.6 Å². The lowest BCUT2D eigenvalue weighted by molar-refractivity contribution is -0.113. The molecule has 1 fully saturated rings. The number of halogens is 3. The summed E-state index contributed by atoms with van der Waals surface area (Å²) in [6.07, 6.45) is 1.44. The molecule has 2 aromatic rings. The summed E-state index contributed by atoms with van der Waals surface area (Å²) >= 11 is 3.44. The number of hydrogen-bond acceptors (Lipinski definition) is 2. The van der Waals surface area contributed by atoms with E-state index >= 15 is 0 Å². The molecule has 1 saturated heterocycles. The van der Waals surface area contributed by atoms with Gasteiger partial charge in [-0.15, -0.1) is 0 Å². The molecular weight excluding hydrogens is 354 g/mol. The van der Waals surface area contributed by atoms with E-state index in [2.05, 4.69) is 20.9 Å². The molecular formula is C16H13BrF2N2O. The maximum atomic E-state index is 12.8. The molecule has 0 aliphatic carbocycles. The summed E-state index contributed by atoms with van der Waals surface area (Å²) < 4.78 is 26.6. The Kier molecular flexibility index (Phi) is 3.72. The lowest BCUT2D eigenvalue weighted by atomic mass is 10.1. The van der Waals surface area contributed by atoms with Crippen LogP contribution in [0.5, 0.6) is 0 Å². The second kappa shape index (κ2) is 5.43. The number of likely N-dealkylation sites (tertiary alicyclic amines) is 1. The van der Waals surface area contributed by atoms with Crippen LogP contribution in [0.15, 0.2) is 41.0 Å². The molecule has 0 bridgehead atoms. The molecule has 3 rings (SSSR count). The fourth-order valence-corrected chi connectivity index (χ4v) is 2.58. The van der Waals surface area contributed by atoms with E-state index in [9.17, 15) is 13.6 Å². The third kappa shape index (κ3) is 2.88. The number of pyridine rings is 1. The maximum Gasteiger partial charge on any atom is 0.282 e. The zero-order valence-corrected chi connectivity index (χ0v) is 13.4. The van der Waals surface area contributed by atoms with Crippen molar-refractivity contribution in [2.75, 3.05) is 13.1 Å². The number of carbonyl (C=O) groups is 1. The predicted octanol–water partition coefficient (Wildman–Crippen LogP) is 3.91. The minimum atomic E-state index is -2.75. The van der Waals surface area contributed by atoms with Gasteiger partial charge in [0.2, 0.25) is 0 Å². The Balaban J connectivity index is 1.78. The van der Waals surface area contributed by atoms with Gasteiger partial charge in [-0.05, 0) is 36.8 Å². The Labute approximate surface area is 135 Å². The lowest BCUT2D eigenvalue weighted by Gasteiger charge is -2.38. The Morgan fingerprint density at radius 2 is 2.00 bits per heavy atom. The molecule has 0 saturated carbocycles. The van der Waals surface area contributed by atoms with Gasteiger partial charge < -0.3 is 4.90 Å². The molecule has 0 spiro atoms. The Morgan fingerprint density at radius 3 is 2.55 bits per heavy atom. The second-order valence-corrected chi connectivity index (χ2v) is 6.27. The van der Waals surface area contributed by atoms with Crippen LogP contribution < -0.4 is 0 Å². The number of alkyl halides is 2. The molecule has 3 nitrogen and oxygen atoms in total. The first kappa shape index (κ1) is 15.1. The van der Waals surface area contributed by atoms with Gasteiger partial charge in [-0.1, -0.05) is 22.0 Å². The van der Waals surface area contributed by atoms with E-state index in [1.807, 2.05) is 25.1 Å². The van der Waals surface area contributed by atoms with Crippen LogP contribution in [0.3, 0.4) is 0 Å². The van der Waals surface area contributed by atoms with E-state index in [1.54, 1.807) is 12.1 Å². The van der Waals surface area contributed by atoms with Gasteiger partial charge in [-0.2, -0.15) is 0 Å². The minimum absolute atomic E-state index is 0.327. The number of benzene rings is 1. The number of amides is 1. The monoisotopic (exact) mass is 366 g/mol. The van der Waals surface area contributed by atoms with Gasteiger partial charge in [0.25, 0.3) is 11.8 Å². The summed E-state index contributed by atoms with van der Waals surface area (Å²) in [5.41, 5.74) is 3.09. The normalized spacial score (nSPS) is 16.3. The standard InChI is InChI=1S/C16H13BrF2N2O/c1-10-6-11(2-4-13(10)17)14-5-3-12(7-20-14)15(22)21-8-16(18,19)9-21/h2-7H,8-9H2,1H3. The van der Waals surface area contributed by atoms with Crippen LogP contribution >= 0.6 is 15.9 Å². The number of carbonyl (C=O) groups excluding carboxylic acids is 1. The van der Waals surface area contributed by atoms with E-state index in [0.717, 1.165) is 26.2 Å². The molecule has 0 N–H and O–H groups in total. The topological polar surface area (TPSA) is 33.2 Å². The van der Waals surface area contributed by atoms with E-state index in [0.29, 0.717) is 5.56 Å². The molecule has 0 radical (unpaired) electrons. The molecule has 1 aromatic heterocycles. The molecule has 1 aromatic carbocycles. The maximum absolute atomic E-state index is 12.8. The number of hydrogen-bond donors (Lipinski definition) is 0. The van der Waals surface area contributed by atoms with Crippen molar-refractivity contribution >= 4 is 21.8 Å².